The van der Waals surface area contributed by atoms with Gasteiger partial charge in [-0.3, -0.25) is 4.90 Å². The first kappa shape index (κ1) is 20.9. The number of carbonyl (C=O) groups excluding carboxylic acids is 1. The number of aromatic nitrogens is 1. The number of amides is 1. The predicted molar refractivity (Wildman–Crippen MR) is 106 cm³/mol. The first-order valence-corrected chi connectivity index (χ1v) is 10.3. The Morgan fingerprint density at radius 2 is 2.00 bits per heavy atom. The van der Waals surface area contributed by atoms with E-state index in [9.17, 15) is 18.0 Å². The lowest BCUT2D eigenvalue weighted by Crippen LogP contribution is -2.36. The number of rotatable bonds is 3. The molecule has 10 heteroatoms. The van der Waals surface area contributed by atoms with Crippen LogP contribution in [0.15, 0.2) is 29.0 Å². The quantitative estimate of drug-likeness (QED) is 0.406. The van der Waals surface area contributed by atoms with Gasteiger partial charge in [0.1, 0.15) is 10.8 Å². The van der Waals surface area contributed by atoms with Crippen molar-refractivity contribution in [3.05, 3.63) is 44.6 Å². The number of hydrogen-bond acceptors (Lipinski definition) is 5. The molecular formula is C18H16ClF3N2O2S2. The molecule has 3 aromatic rings. The van der Waals surface area contributed by atoms with Crippen molar-refractivity contribution in [1.82, 2.24) is 4.98 Å². The van der Waals surface area contributed by atoms with Gasteiger partial charge in [0, 0.05) is 16.3 Å². The summed E-state index contributed by atoms with van der Waals surface area (Å²) in [7, 11) is 0. The minimum Gasteiger partial charge on any atom is -0.443 e. The molecular weight excluding hydrogens is 433 g/mol. The average Bonchev–Trinajstić information content (AvgIpc) is 3.18. The highest BCUT2D eigenvalue weighted by Gasteiger charge is 2.36. The van der Waals surface area contributed by atoms with E-state index in [0.717, 1.165) is 21.6 Å². The van der Waals surface area contributed by atoms with Crippen LogP contribution in [0.25, 0.3) is 10.2 Å². The minimum atomic E-state index is -4.57. The first-order valence-electron chi connectivity index (χ1n) is 8.13. The van der Waals surface area contributed by atoms with Crippen LogP contribution in [0, 0.1) is 0 Å². The molecule has 0 unspecified atom stereocenters. The van der Waals surface area contributed by atoms with Gasteiger partial charge in [-0.2, -0.15) is 13.2 Å². The summed E-state index contributed by atoms with van der Waals surface area (Å²) in [5.74, 6) is 0. The highest BCUT2D eigenvalue weighted by molar-refractivity contribution is 7.18. The van der Waals surface area contributed by atoms with Gasteiger partial charge < -0.3 is 4.74 Å². The van der Waals surface area contributed by atoms with E-state index < -0.39 is 23.4 Å². The summed E-state index contributed by atoms with van der Waals surface area (Å²) < 4.78 is 45.7. The molecule has 4 nitrogen and oxygen atoms in total. The van der Waals surface area contributed by atoms with E-state index >= 15 is 0 Å². The molecule has 0 N–H and O–H groups in total. The number of thiophene rings is 2. The zero-order chi connectivity index (χ0) is 20.7. The van der Waals surface area contributed by atoms with E-state index in [1.165, 1.54) is 22.3 Å². The lowest BCUT2D eigenvalue weighted by Gasteiger charge is -2.27. The van der Waals surface area contributed by atoms with Gasteiger partial charge in [-0.15, -0.1) is 22.7 Å². The van der Waals surface area contributed by atoms with Gasteiger partial charge in [0.2, 0.25) is 0 Å². The van der Waals surface area contributed by atoms with E-state index in [2.05, 4.69) is 4.98 Å². The summed E-state index contributed by atoms with van der Waals surface area (Å²) in [5, 5.41) is 2.70. The maximum atomic E-state index is 13.3. The number of ether oxygens (including phenoxy) is 1. The summed E-state index contributed by atoms with van der Waals surface area (Å²) in [4.78, 5) is 18.9. The zero-order valence-electron chi connectivity index (χ0n) is 15.1. The number of carbonyl (C=O) groups is 1. The molecule has 0 radical (unpaired) electrons. The standard InChI is InChI=1S/C18H16ClF3N2O2S2/c1-17(2,3)26-16(25)24(8-10-5-4-6-27-10)12-7-13(19)23-14-11(18(20,21)22)9-28-15(12)14/h4-7,9H,8H2,1-3H3. The molecule has 0 aromatic carbocycles. The lowest BCUT2D eigenvalue weighted by atomic mass is 10.2. The fourth-order valence-electron chi connectivity index (χ4n) is 2.49. The van der Waals surface area contributed by atoms with Crippen molar-refractivity contribution in [3.8, 4) is 0 Å². The molecule has 1 amide bonds. The molecule has 3 heterocycles. The van der Waals surface area contributed by atoms with Gasteiger partial charge in [-0.05, 0) is 32.2 Å². The van der Waals surface area contributed by atoms with Crippen molar-refractivity contribution in [2.75, 3.05) is 4.90 Å². The monoisotopic (exact) mass is 448 g/mol. The second-order valence-electron chi connectivity index (χ2n) is 6.93. The van der Waals surface area contributed by atoms with Crippen molar-refractivity contribution in [1.29, 1.82) is 0 Å². The van der Waals surface area contributed by atoms with Gasteiger partial charge in [0.25, 0.3) is 0 Å². The Bertz CT molecular complexity index is 995. The van der Waals surface area contributed by atoms with Crippen LogP contribution in [-0.4, -0.2) is 16.7 Å². The van der Waals surface area contributed by atoms with Gasteiger partial charge in [-0.1, -0.05) is 17.7 Å². The molecule has 3 aromatic heterocycles. The first-order chi connectivity index (χ1) is 13.0. The SMILES string of the molecule is CC(C)(C)OC(=O)N(Cc1cccs1)c1cc(Cl)nc2c(C(F)(F)F)csc12. The molecule has 0 aliphatic rings. The average molecular weight is 449 g/mol. The fraction of sp³-hybridized carbons (Fsp3) is 0.333. The topological polar surface area (TPSA) is 42.4 Å². The Morgan fingerprint density at radius 3 is 2.57 bits per heavy atom. The number of halogens is 4. The number of alkyl halides is 3. The third kappa shape index (κ3) is 4.59. The fourth-order valence-corrected chi connectivity index (χ4v) is 4.41. The normalized spacial score (nSPS) is 12.4. The summed E-state index contributed by atoms with van der Waals surface area (Å²) in [6, 6.07) is 5.05. The third-order valence-electron chi connectivity index (χ3n) is 3.58. The van der Waals surface area contributed by atoms with Crippen LogP contribution in [-0.2, 0) is 17.5 Å². The molecule has 0 fully saturated rings. The van der Waals surface area contributed by atoms with Crippen LogP contribution in [0.3, 0.4) is 0 Å². The molecule has 0 aliphatic carbocycles. The summed E-state index contributed by atoms with van der Waals surface area (Å²) in [6.07, 6.45) is -5.25. The lowest BCUT2D eigenvalue weighted by molar-refractivity contribution is -0.136. The maximum Gasteiger partial charge on any atom is 0.419 e. The molecule has 0 atom stereocenters. The minimum absolute atomic E-state index is 0.133. The second kappa shape index (κ2) is 7.53. The Kier molecular flexibility index (Phi) is 5.62. The van der Waals surface area contributed by atoms with Crippen molar-refractivity contribution in [2.24, 2.45) is 0 Å². The van der Waals surface area contributed by atoms with Crippen LogP contribution in [0.2, 0.25) is 5.15 Å². The third-order valence-corrected chi connectivity index (χ3v) is 5.62. The molecule has 0 aliphatic heterocycles. The maximum absolute atomic E-state index is 13.3. The smallest absolute Gasteiger partial charge is 0.419 e. The van der Waals surface area contributed by atoms with E-state index in [1.807, 2.05) is 17.5 Å². The highest BCUT2D eigenvalue weighted by Crippen LogP contribution is 2.42. The van der Waals surface area contributed by atoms with Crippen LogP contribution in [0.1, 0.15) is 31.2 Å². The van der Waals surface area contributed by atoms with Crippen molar-refractivity contribution in [2.45, 2.75) is 39.1 Å². The van der Waals surface area contributed by atoms with Gasteiger partial charge >= 0.3 is 12.3 Å². The Balaban J connectivity index is 2.15. The summed E-state index contributed by atoms with van der Waals surface area (Å²) >= 11 is 8.31. The van der Waals surface area contributed by atoms with Crippen molar-refractivity contribution < 1.29 is 22.7 Å². The van der Waals surface area contributed by atoms with Crippen LogP contribution in [0.5, 0.6) is 0 Å². The van der Waals surface area contributed by atoms with Crippen molar-refractivity contribution in [3.63, 3.8) is 0 Å². The molecule has 0 spiro atoms. The van der Waals surface area contributed by atoms with Gasteiger partial charge in [0.05, 0.1) is 28.0 Å². The Labute approximate surface area is 172 Å². The molecule has 3 rings (SSSR count). The number of anilines is 1. The largest absolute Gasteiger partial charge is 0.443 e. The Morgan fingerprint density at radius 1 is 1.29 bits per heavy atom. The number of pyridine rings is 1. The van der Waals surface area contributed by atoms with Crippen LogP contribution in [0.4, 0.5) is 23.7 Å². The van der Waals surface area contributed by atoms with Gasteiger partial charge in [-0.25, -0.2) is 9.78 Å². The molecule has 0 bridgehead atoms. The van der Waals surface area contributed by atoms with Crippen LogP contribution < -0.4 is 4.90 Å². The van der Waals surface area contributed by atoms with E-state index in [0.29, 0.717) is 0 Å². The molecule has 0 saturated carbocycles. The van der Waals surface area contributed by atoms with E-state index in [-0.39, 0.29) is 27.6 Å². The number of nitrogens with zero attached hydrogens (tertiary/aromatic N) is 2. The van der Waals surface area contributed by atoms with Crippen molar-refractivity contribution >= 4 is 56.3 Å². The zero-order valence-corrected chi connectivity index (χ0v) is 17.5. The number of hydrogen-bond donors (Lipinski definition) is 0. The second-order valence-corrected chi connectivity index (χ2v) is 9.23. The summed E-state index contributed by atoms with van der Waals surface area (Å²) in [5.41, 5.74) is -1.69. The summed E-state index contributed by atoms with van der Waals surface area (Å²) in [6.45, 7) is 5.30. The number of fused-ring (bicyclic) bond motifs is 1. The Hall–Kier alpha value is -1.84. The molecule has 28 heavy (non-hydrogen) atoms. The van der Waals surface area contributed by atoms with E-state index in [4.69, 9.17) is 16.3 Å². The molecule has 150 valence electrons. The van der Waals surface area contributed by atoms with Gasteiger partial charge in [0.15, 0.2) is 0 Å². The van der Waals surface area contributed by atoms with E-state index in [1.54, 1.807) is 20.8 Å². The predicted octanol–water partition coefficient (Wildman–Crippen LogP) is 6.97. The van der Waals surface area contributed by atoms with Crippen LogP contribution >= 0.6 is 34.3 Å². The highest BCUT2D eigenvalue weighted by atomic mass is 35.5. The molecule has 0 saturated heterocycles.